The molecular weight excluding hydrogens is 389 g/mol. The van der Waals surface area contributed by atoms with Crippen LogP contribution in [0.4, 0.5) is 15.2 Å². The van der Waals surface area contributed by atoms with Crippen LogP contribution in [0.3, 0.4) is 0 Å². The zero-order chi connectivity index (χ0) is 19.8. The Morgan fingerprint density at radius 3 is 2.63 bits per heavy atom. The topological polar surface area (TPSA) is 101 Å². The number of hydrogen-bond acceptors (Lipinski definition) is 7. The van der Waals surface area contributed by atoms with E-state index >= 15 is 0 Å². The molecule has 0 radical (unpaired) electrons. The van der Waals surface area contributed by atoms with Crippen molar-refractivity contribution in [2.75, 3.05) is 29.1 Å². The number of benzene rings is 1. The maximum Gasteiger partial charge on any atom is 0.237 e. The Bertz CT molecular complexity index is 767. The van der Waals surface area contributed by atoms with Crippen molar-refractivity contribution in [2.45, 2.75) is 24.6 Å². The maximum atomic E-state index is 13.1. The van der Waals surface area contributed by atoms with Crippen LogP contribution in [0, 0.1) is 11.7 Å². The number of amides is 2. The van der Waals surface area contributed by atoms with Crippen LogP contribution in [-0.4, -0.2) is 40.9 Å². The lowest BCUT2D eigenvalue weighted by molar-refractivity contribution is -0.118. The summed E-state index contributed by atoms with van der Waals surface area (Å²) in [5, 5.41) is 12.0. The summed E-state index contributed by atoms with van der Waals surface area (Å²) in [5.74, 6) is -0.520. The number of carbonyl (C=O) groups excluding carboxylic acids is 2. The third-order valence-corrected chi connectivity index (χ3v) is 5.41. The zero-order valence-electron chi connectivity index (χ0n) is 15.1. The molecule has 146 valence electrons. The Morgan fingerprint density at radius 1 is 1.30 bits per heavy atom. The molecule has 7 nitrogen and oxygen atoms in total. The summed E-state index contributed by atoms with van der Waals surface area (Å²) in [6.07, 6.45) is 0.0237. The van der Waals surface area contributed by atoms with Gasteiger partial charge in [0.1, 0.15) is 5.82 Å². The molecule has 2 aromatic rings. The summed E-state index contributed by atoms with van der Waals surface area (Å²) >= 11 is 2.65. The lowest BCUT2D eigenvalue weighted by Gasteiger charge is -2.22. The van der Waals surface area contributed by atoms with Crippen molar-refractivity contribution in [1.82, 2.24) is 10.2 Å². The molecule has 1 heterocycles. The molecule has 0 aliphatic heterocycles. The predicted molar refractivity (Wildman–Crippen MR) is 107 cm³/mol. The number of thioether (sulfide) groups is 1. The zero-order valence-corrected chi connectivity index (χ0v) is 16.8. The van der Waals surface area contributed by atoms with Crippen LogP contribution in [0.15, 0.2) is 28.6 Å². The van der Waals surface area contributed by atoms with Gasteiger partial charge in [-0.2, -0.15) is 0 Å². The minimum atomic E-state index is -0.507. The van der Waals surface area contributed by atoms with E-state index in [1.807, 2.05) is 0 Å². The van der Waals surface area contributed by atoms with Crippen LogP contribution in [0.1, 0.15) is 20.3 Å². The molecule has 0 saturated carbocycles. The van der Waals surface area contributed by atoms with E-state index in [2.05, 4.69) is 29.4 Å². The van der Waals surface area contributed by atoms with Crippen molar-refractivity contribution in [2.24, 2.45) is 11.7 Å². The van der Waals surface area contributed by atoms with E-state index in [0.717, 1.165) is 6.54 Å². The van der Waals surface area contributed by atoms with Crippen molar-refractivity contribution in [3.05, 3.63) is 30.1 Å². The van der Waals surface area contributed by atoms with Gasteiger partial charge in [0, 0.05) is 25.2 Å². The van der Waals surface area contributed by atoms with Gasteiger partial charge in [0.15, 0.2) is 4.34 Å². The highest BCUT2D eigenvalue weighted by Gasteiger charge is 2.18. The van der Waals surface area contributed by atoms with Crippen molar-refractivity contribution < 1.29 is 14.0 Å². The molecule has 2 amide bonds. The number of nitrogens with zero attached hydrogens (tertiary/aromatic N) is 3. The van der Waals surface area contributed by atoms with Gasteiger partial charge in [0.25, 0.3) is 0 Å². The average Bonchev–Trinajstić information content (AvgIpc) is 3.07. The molecule has 0 spiro atoms. The van der Waals surface area contributed by atoms with E-state index in [0.29, 0.717) is 21.1 Å². The number of nitrogens with two attached hydrogens (primary N) is 1. The van der Waals surface area contributed by atoms with E-state index in [1.54, 1.807) is 0 Å². The third-order valence-electron chi connectivity index (χ3n) is 3.41. The highest BCUT2D eigenvalue weighted by molar-refractivity contribution is 8.01. The number of halogens is 1. The monoisotopic (exact) mass is 411 g/mol. The Hall–Kier alpha value is -2.20. The number of anilines is 2. The van der Waals surface area contributed by atoms with Crippen LogP contribution in [-0.2, 0) is 9.59 Å². The minimum Gasteiger partial charge on any atom is -0.370 e. The SMILES string of the molecule is CC(C)CNc1nnc(SCC(=O)N(CCC(N)=O)c2ccc(F)cc2)s1. The van der Waals surface area contributed by atoms with Gasteiger partial charge >= 0.3 is 0 Å². The largest absolute Gasteiger partial charge is 0.370 e. The number of aromatic nitrogens is 2. The van der Waals surface area contributed by atoms with Gasteiger partial charge < -0.3 is 16.0 Å². The quantitative estimate of drug-likeness (QED) is 0.583. The number of nitrogens with one attached hydrogen (secondary N) is 1. The second-order valence-corrected chi connectivity index (χ2v) is 8.37. The first-order chi connectivity index (χ1) is 12.8. The first-order valence-corrected chi connectivity index (χ1v) is 10.2. The summed E-state index contributed by atoms with van der Waals surface area (Å²) < 4.78 is 13.8. The van der Waals surface area contributed by atoms with Crippen LogP contribution in [0.5, 0.6) is 0 Å². The Morgan fingerprint density at radius 2 is 2.00 bits per heavy atom. The second kappa shape index (κ2) is 10.2. The van der Waals surface area contributed by atoms with E-state index in [-0.39, 0.29) is 24.6 Å². The van der Waals surface area contributed by atoms with Gasteiger partial charge in [-0.1, -0.05) is 36.9 Å². The molecule has 0 fully saturated rings. The molecule has 0 unspecified atom stereocenters. The molecule has 2 rings (SSSR count). The van der Waals surface area contributed by atoms with Gasteiger partial charge in [-0.25, -0.2) is 4.39 Å². The standard InChI is InChI=1S/C17H22FN5O2S2/c1-11(2)9-20-16-21-22-17(27-16)26-10-15(25)23(8-7-14(19)24)13-5-3-12(18)4-6-13/h3-6,11H,7-10H2,1-2H3,(H2,19,24)(H,20,21). The van der Waals surface area contributed by atoms with Gasteiger partial charge in [-0.15, -0.1) is 10.2 Å². The summed E-state index contributed by atoms with van der Waals surface area (Å²) in [6, 6.07) is 5.53. The lowest BCUT2D eigenvalue weighted by Crippen LogP contribution is -2.35. The Balaban J connectivity index is 1.98. The fourth-order valence-corrected chi connectivity index (χ4v) is 3.71. The molecule has 0 aliphatic rings. The normalized spacial score (nSPS) is 10.8. The Labute approximate surface area is 165 Å². The molecule has 27 heavy (non-hydrogen) atoms. The number of hydrogen-bond donors (Lipinski definition) is 2. The van der Waals surface area contributed by atoms with E-state index < -0.39 is 11.7 Å². The van der Waals surface area contributed by atoms with Crippen LogP contribution < -0.4 is 16.0 Å². The minimum absolute atomic E-state index is 0.0237. The first kappa shape index (κ1) is 21.1. The van der Waals surface area contributed by atoms with E-state index in [1.165, 1.54) is 52.3 Å². The molecule has 1 aromatic heterocycles. The number of primary amides is 1. The van der Waals surface area contributed by atoms with Gasteiger partial charge in [-0.05, 0) is 30.2 Å². The highest BCUT2D eigenvalue weighted by Crippen LogP contribution is 2.26. The molecule has 0 aliphatic carbocycles. The molecule has 3 N–H and O–H groups in total. The van der Waals surface area contributed by atoms with Crippen molar-refractivity contribution in [3.8, 4) is 0 Å². The third kappa shape index (κ3) is 7.14. The van der Waals surface area contributed by atoms with Gasteiger partial charge in [0.05, 0.1) is 5.75 Å². The molecular formula is C17H22FN5O2S2. The van der Waals surface area contributed by atoms with Gasteiger partial charge in [-0.3, -0.25) is 9.59 Å². The van der Waals surface area contributed by atoms with Crippen LogP contribution in [0.25, 0.3) is 0 Å². The average molecular weight is 412 g/mol. The second-order valence-electron chi connectivity index (χ2n) is 6.17. The van der Waals surface area contributed by atoms with Crippen molar-refractivity contribution >= 4 is 45.7 Å². The first-order valence-electron chi connectivity index (χ1n) is 8.39. The number of carbonyl (C=O) groups is 2. The maximum absolute atomic E-state index is 13.1. The Kier molecular flexibility index (Phi) is 7.99. The number of rotatable bonds is 10. The van der Waals surface area contributed by atoms with Crippen molar-refractivity contribution in [1.29, 1.82) is 0 Å². The molecule has 0 atom stereocenters. The predicted octanol–water partition coefficient (Wildman–Crippen LogP) is 2.75. The van der Waals surface area contributed by atoms with Gasteiger partial charge in [0.2, 0.25) is 16.9 Å². The molecule has 0 bridgehead atoms. The van der Waals surface area contributed by atoms with E-state index in [9.17, 15) is 14.0 Å². The fourth-order valence-electron chi connectivity index (χ4n) is 2.07. The van der Waals surface area contributed by atoms with E-state index in [4.69, 9.17) is 5.73 Å². The summed E-state index contributed by atoms with van der Waals surface area (Å²) in [5.41, 5.74) is 5.71. The molecule has 1 aromatic carbocycles. The summed E-state index contributed by atoms with van der Waals surface area (Å²) in [7, 11) is 0. The summed E-state index contributed by atoms with van der Waals surface area (Å²) in [6.45, 7) is 5.12. The lowest BCUT2D eigenvalue weighted by atomic mass is 10.2. The van der Waals surface area contributed by atoms with Crippen LogP contribution in [0.2, 0.25) is 0 Å². The van der Waals surface area contributed by atoms with Crippen LogP contribution >= 0.6 is 23.1 Å². The smallest absolute Gasteiger partial charge is 0.237 e. The summed E-state index contributed by atoms with van der Waals surface area (Å²) in [4.78, 5) is 25.2. The van der Waals surface area contributed by atoms with Crippen molar-refractivity contribution in [3.63, 3.8) is 0 Å². The highest BCUT2D eigenvalue weighted by atomic mass is 32.2. The molecule has 0 saturated heterocycles. The molecule has 10 heteroatoms. The fraction of sp³-hybridized carbons (Fsp3) is 0.412.